The fraction of sp³-hybridized carbons (Fsp3) is 0.400. The Kier molecular flexibility index (Phi) is 4.71. The predicted octanol–water partition coefficient (Wildman–Crippen LogP) is 2.37. The van der Waals surface area contributed by atoms with E-state index in [-0.39, 0.29) is 6.04 Å². The van der Waals surface area contributed by atoms with Crippen LogP contribution in [0.15, 0.2) is 40.9 Å². The number of likely N-dealkylation sites (N-methyl/N-ethyl adjacent to an activating group) is 1. The van der Waals surface area contributed by atoms with Crippen LogP contribution in [0.2, 0.25) is 0 Å². The van der Waals surface area contributed by atoms with Crippen molar-refractivity contribution in [2.75, 3.05) is 13.6 Å². The number of aryl methyl sites for hydroxylation is 1. The van der Waals surface area contributed by atoms with Gasteiger partial charge in [0.25, 0.3) is 0 Å². The minimum absolute atomic E-state index is 0.0855. The largest absolute Gasteiger partial charge is 0.464 e. The lowest BCUT2D eigenvalue weighted by atomic mass is 10.2. The first-order chi connectivity index (χ1) is 9.24. The van der Waals surface area contributed by atoms with E-state index in [4.69, 9.17) is 10.2 Å². The summed E-state index contributed by atoms with van der Waals surface area (Å²) in [5, 5.41) is 0. The van der Waals surface area contributed by atoms with E-state index in [0.717, 1.165) is 30.2 Å². The summed E-state index contributed by atoms with van der Waals surface area (Å²) in [5.74, 6) is 1.93. The molecule has 4 heteroatoms. The van der Waals surface area contributed by atoms with Crippen LogP contribution >= 0.6 is 0 Å². The van der Waals surface area contributed by atoms with Crippen LogP contribution in [-0.4, -0.2) is 23.5 Å². The third-order valence-electron chi connectivity index (χ3n) is 3.25. The highest BCUT2D eigenvalue weighted by Crippen LogP contribution is 2.22. The van der Waals surface area contributed by atoms with E-state index in [0.29, 0.717) is 6.54 Å². The Hall–Kier alpha value is -1.65. The van der Waals surface area contributed by atoms with E-state index in [1.165, 1.54) is 0 Å². The molecule has 2 aromatic rings. The van der Waals surface area contributed by atoms with Crippen LogP contribution in [0.5, 0.6) is 0 Å². The normalized spacial score (nSPS) is 12.8. The van der Waals surface area contributed by atoms with Crippen LogP contribution < -0.4 is 5.73 Å². The monoisotopic (exact) mass is 259 g/mol. The lowest BCUT2D eigenvalue weighted by Crippen LogP contribution is -2.30. The van der Waals surface area contributed by atoms with Crippen LogP contribution in [0.1, 0.15) is 30.2 Å². The first kappa shape index (κ1) is 13.8. The van der Waals surface area contributed by atoms with Gasteiger partial charge >= 0.3 is 0 Å². The highest BCUT2D eigenvalue weighted by atomic mass is 16.3. The van der Waals surface area contributed by atoms with Gasteiger partial charge in [0.15, 0.2) is 0 Å². The quantitative estimate of drug-likeness (QED) is 0.865. The van der Waals surface area contributed by atoms with Gasteiger partial charge in [-0.25, -0.2) is 0 Å². The molecule has 102 valence electrons. The van der Waals surface area contributed by atoms with Gasteiger partial charge in [0.05, 0.1) is 11.7 Å². The molecule has 0 amide bonds. The smallest absolute Gasteiger partial charge is 0.122 e. The van der Waals surface area contributed by atoms with Crippen molar-refractivity contribution in [1.82, 2.24) is 9.88 Å². The van der Waals surface area contributed by atoms with Crippen LogP contribution in [0.4, 0.5) is 0 Å². The Morgan fingerprint density at radius 3 is 2.74 bits per heavy atom. The molecular weight excluding hydrogens is 238 g/mol. The second-order valence-electron chi connectivity index (χ2n) is 4.65. The number of rotatable bonds is 6. The summed E-state index contributed by atoms with van der Waals surface area (Å²) in [5.41, 5.74) is 6.92. The van der Waals surface area contributed by atoms with Crippen molar-refractivity contribution < 1.29 is 4.42 Å². The molecule has 0 fully saturated rings. The molecule has 1 atom stereocenters. The molecule has 0 aliphatic heterocycles. The molecule has 2 rings (SSSR count). The van der Waals surface area contributed by atoms with Crippen molar-refractivity contribution >= 4 is 0 Å². The minimum Gasteiger partial charge on any atom is -0.464 e. The van der Waals surface area contributed by atoms with Crippen LogP contribution in [-0.2, 0) is 13.0 Å². The van der Waals surface area contributed by atoms with Gasteiger partial charge in [-0.3, -0.25) is 9.88 Å². The lowest BCUT2D eigenvalue weighted by Gasteiger charge is -2.24. The van der Waals surface area contributed by atoms with E-state index < -0.39 is 0 Å². The first-order valence-electron chi connectivity index (χ1n) is 6.63. The van der Waals surface area contributed by atoms with Crippen LogP contribution in [0.3, 0.4) is 0 Å². The number of aromatic nitrogens is 1. The van der Waals surface area contributed by atoms with Gasteiger partial charge in [0.1, 0.15) is 11.5 Å². The molecule has 0 aliphatic carbocycles. The predicted molar refractivity (Wildman–Crippen MR) is 75.6 cm³/mol. The summed E-state index contributed by atoms with van der Waals surface area (Å²) in [6.07, 6.45) is 2.71. The summed E-state index contributed by atoms with van der Waals surface area (Å²) >= 11 is 0. The van der Waals surface area contributed by atoms with Gasteiger partial charge in [-0.1, -0.05) is 13.0 Å². The van der Waals surface area contributed by atoms with Gasteiger partial charge in [0, 0.05) is 25.7 Å². The SMILES string of the molecule is CCc1ccc(C(CN)N(C)Cc2ccccn2)o1. The topological polar surface area (TPSA) is 55.3 Å². The number of furan rings is 1. The van der Waals surface area contributed by atoms with Gasteiger partial charge < -0.3 is 10.2 Å². The van der Waals surface area contributed by atoms with E-state index in [1.54, 1.807) is 0 Å². The highest BCUT2D eigenvalue weighted by Gasteiger charge is 2.19. The number of nitrogens with zero attached hydrogens (tertiary/aromatic N) is 2. The van der Waals surface area contributed by atoms with E-state index in [9.17, 15) is 0 Å². The second-order valence-corrected chi connectivity index (χ2v) is 4.65. The summed E-state index contributed by atoms with van der Waals surface area (Å²) in [6, 6.07) is 10.1. The van der Waals surface area contributed by atoms with E-state index >= 15 is 0 Å². The van der Waals surface area contributed by atoms with Gasteiger partial charge in [-0.05, 0) is 31.3 Å². The zero-order valence-electron chi connectivity index (χ0n) is 11.5. The molecule has 0 spiro atoms. The molecular formula is C15H21N3O. The third kappa shape index (κ3) is 3.43. The van der Waals surface area contributed by atoms with Crippen LogP contribution in [0, 0.1) is 0 Å². The molecule has 19 heavy (non-hydrogen) atoms. The van der Waals surface area contributed by atoms with Crippen LogP contribution in [0.25, 0.3) is 0 Å². The number of hydrogen-bond donors (Lipinski definition) is 1. The third-order valence-corrected chi connectivity index (χ3v) is 3.25. The Balaban J connectivity index is 2.08. The van der Waals surface area contributed by atoms with E-state index in [2.05, 4.69) is 16.8 Å². The Bertz CT molecular complexity index is 495. The zero-order chi connectivity index (χ0) is 13.7. The lowest BCUT2D eigenvalue weighted by molar-refractivity contribution is 0.208. The molecule has 0 bridgehead atoms. The maximum atomic E-state index is 5.89. The molecule has 0 saturated carbocycles. The maximum absolute atomic E-state index is 5.89. The van der Waals surface area contributed by atoms with Gasteiger partial charge in [0.2, 0.25) is 0 Å². The average molecular weight is 259 g/mol. The summed E-state index contributed by atoms with van der Waals surface area (Å²) in [7, 11) is 2.04. The summed E-state index contributed by atoms with van der Waals surface area (Å²) in [6.45, 7) is 3.36. The summed E-state index contributed by atoms with van der Waals surface area (Å²) in [4.78, 5) is 6.50. The summed E-state index contributed by atoms with van der Waals surface area (Å²) < 4.78 is 5.80. The zero-order valence-corrected chi connectivity index (χ0v) is 11.5. The Morgan fingerprint density at radius 2 is 2.16 bits per heavy atom. The van der Waals surface area contributed by atoms with Crippen molar-refractivity contribution in [3.63, 3.8) is 0 Å². The Labute approximate surface area is 114 Å². The number of nitrogens with two attached hydrogens (primary N) is 1. The fourth-order valence-electron chi connectivity index (χ4n) is 2.13. The molecule has 2 N–H and O–H groups in total. The fourth-order valence-corrected chi connectivity index (χ4v) is 2.13. The first-order valence-corrected chi connectivity index (χ1v) is 6.63. The average Bonchev–Trinajstić information content (AvgIpc) is 2.89. The molecule has 2 heterocycles. The van der Waals surface area contributed by atoms with Gasteiger partial charge in [-0.15, -0.1) is 0 Å². The molecule has 0 aromatic carbocycles. The molecule has 0 radical (unpaired) electrons. The molecule has 4 nitrogen and oxygen atoms in total. The van der Waals surface area contributed by atoms with Crippen molar-refractivity contribution in [2.24, 2.45) is 5.73 Å². The molecule has 1 unspecified atom stereocenters. The molecule has 2 aromatic heterocycles. The molecule has 0 saturated heterocycles. The van der Waals surface area contributed by atoms with Crippen molar-refractivity contribution in [2.45, 2.75) is 25.9 Å². The van der Waals surface area contributed by atoms with Crippen molar-refractivity contribution in [3.05, 3.63) is 53.7 Å². The van der Waals surface area contributed by atoms with E-state index in [1.807, 2.05) is 43.6 Å². The Morgan fingerprint density at radius 1 is 1.32 bits per heavy atom. The number of hydrogen-bond acceptors (Lipinski definition) is 4. The number of pyridine rings is 1. The molecule has 0 aliphatic rings. The minimum atomic E-state index is 0.0855. The van der Waals surface area contributed by atoms with Crippen molar-refractivity contribution in [1.29, 1.82) is 0 Å². The maximum Gasteiger partial charge on any atom is 0.122 e. The van der Waals surface area contributed by atoms with Crippen molar-refractivity contribution in [3.8, 4) is 0 Å². The van der Waals surface area contributed by atoms with Gasteiger partial charge in [-0.2, -0.15) is 0 Å². The standard InChI is InChI=1S/C15H21N3O/c1-3-13-7-8-15(19-13)14(10-16)18(2)11-12-6-4-5-9-17-12/h4-9,14H,3,10-11,16H2,1-2H3. The highest BCUT2D eigenvalue weighted by molar-refractivity contribution is 5.12. The second kappa shape index (κ2) is 6.50.